The van der Waals surface area contributed by atoms with Gasteiger partial charge in [-0.1, -0.05) is 11.2 Å². The Morgan fingerprint density at radius 2 is 2.10 bits per heavy atom. The molecule has 0 bridgehead atoms. The highest BCUT2D eigenvalue weighted by Gasteiger charge is 2.34. The summed E-state index contributed by atoms with van der Waals surface area (Å²) in [7, 11) is 0. The summed E-state index contributed by atoms with van der Waals surface area (Å²) in [6, 6.07) is 3.88. The minimum absolute atomic E-state index is 0.187. The van der Waals surface area contributed by atoms with Crippen molar-refractivity contribution in [2.24, 2.45) is 5.73 Å². The molecule has 0 aliphatic rings. The number of aryl methyl sites for hydroxylation is 1. The van der Waals surface area contributed by atoms with Crippen molar-refractivity contribution in [3.05, 3.63) is 41.0 Å². The van der Waals surface area contributed by atoms with E-state index in [1.54, 1.807) is 13.0 Å². The van der Waals surface area contributed by atoms with Crippen LogP contribution in [0.1, 0.15) is 22.8 Å². The van der Waals surface area contributed by atoms with Crippen molar-refractivity contribution in [2.45, 2.75) is 26.1 Å². The summed E-state index contributed by atoms with van der Waals surface area (Å²) < 4.78 is 49.0. The molecule has 2 rings (SSSR count). The van der Waals surface area contributed by atoms with E-state index in [1.807, 2.05) is 0 Å². The van der Waals surface area contributed by atoms with Crippen LogP contribution in [0, 0.1) is 6.92 Å². The van der Waals surface area contributed by atoms with E-state index in [2.05, 4.69) is 10.1 Å². The fourth-order valence-electron chi connectivity index (χ4n) is 1.79. The summed E-state index contributed by atoms with van der Waals surface area (Å²) in [6.07, 6.45) is -4.14. The lowest BCUT2D eigenvalue weighted by molar-refractivity contribution is -0.139. The van der Waals surface area contributed by atoms with Crippen LogP contribution in [-0.2, 0) is 19.2 Å². The molecule has 2 N–H and O–H groups in total. The number of nitrogens with zero attached hydrogens (tertiary/aromatic N) is 2. The molecule has 0 saturated heterocycles. The molecule has 1 aromatic carbocycles. The second-order valence-electron chi connectivity index (χ2n) is 4.39. The van der Waals surface area contributed by atoms with Gasteiger partial charge in [-0.25, -0.2) is 0 Å². The maximum absolute atomic E-state index is 13.0. The first-order valence-corrected chi connectivity index (χ1v) is 6.22. The quantitative estimate of drug-likeness (QED) is 0.918. The zero-order valence-electron chi connectivity index (χ0n) is 11.3. The van der Waals surface area contributed by atoms with Gasteiger partial charge in [0.1, 0.15) is 5.75 Å². The van der Waals surface area contributed by atoms with Gasteiger partial charge in [-0.3, -0.25) is 0 Å². The predicted molar refractivity (Wildman–Crippen MR) is 67.6 cm³/mol. The molecule has 0 spiro atoms. The molecule has 0 amide bonds. The molecule has 0 unspecified atom stereocenters. The fourth-order valence-corrected chi connectivity index (χ4v) is 1.79. The Morgan fingerprint density at radius 3 is 2.67 bits per heavy atom. The lowest BCUT2D eigenvalue weighted by Crippen LogP contribution is -2.11. The van der Waals surface area contributed by atoms with Crippen LogP contribution in [0.5, 0.6) is 5.75 Å². The third-order valence-corrected chi connectivity index (χ3v) is 2.71. The molecule has 2 aromatic rings. The van der Waals surface area contributed by atoms with Crippen LogP contribution in [0.4, 0.5) is 13.2 Å². The Kier molecular flexibility index (Phi) is 4.46. The summed E-state index contributed by atoms with van der Waals surface area (Å²) in [6.45, 7) is 1.66. The van der Waals surface area contributed by atoms with Crippen LogP contribution in [0.15, 0.2) is 22.7 Å². The molecule has 0 aliphatic carbocycles. The fraction of sp³-hybridized carbons (Fsp3) is 0.385. The Balaban J connectivity index is 2.21. The van der Waals surface area contributed by atoms with Crippen molar-refractivity contribution >= 4 is 0 Å². The maximum Gasteiger partial charge on any atom is 0.419 e. The van der Waals surface area contributed by atoms with E-state index in [9.17, 15) is 13.2 Å². The van der Waals surface area contributed by atoms with Gasteiger partial charge < -0.3 is 15.0 Å². The number of ether oxygens (including phenoxy) is 1. The number of halogens is 3. The first kappa shape index (κ1) is 15.3. The summed E-state index contributed by atoms with van der Waals surface area (Å²) >= 11 is 0. The third-order valence-electron chi connectivity index (χ3n) is 2.71. The average Bonchev–Trinajstić information content (AvgIpc) is 2.82. The first-order chi connectivity index (χ1) is 9.90. The Hall–Kier alpha value is -2.09. The van der Waals surface area contributed by atoms with E-state index in [4.69, 9.17) is 15.0 Å². The number of benzene rings is 1. The Labute approximate surface area is 118 Å². The van der Waals surface area contributed by atoms with Gasteiger partial charge >= 0.3 is 6.18 Å². The molecular weight excluding hydrogens is 287 g/mol. The van der Waals surface area contributed by atoms with E-state index in [-0.39, 0.29) is 24.7 Å². The largest absolute Gasteiger partial charge is 0.485 e. The highest BCUT2D eigenvalue weighted by atomic mass is 19.4. The van der Waals surface area contributed by atoms with Crippen molar-refractivity contribution < 1.29 is 22.4 Å². The smallest absolute Gasteiger partial charge is 0.419 e. The van der Waals surface area contributed by atoms with Crippen molar-refractivity contribution in [1.82, 2.24) is 10.1 Å². The molecule has 5 nitrogen and oxygen atoms in total. The monoisotopic (exact) mass is 301 g/mol. The predicted octanol–water partition coefficient (Wildman–Crippen LogP) is 2.48. The molecule has 0 radical (unpaired) electrons. The average molecular weight is 301 g/mol. The van der Waals surface area contributed by atoms with Gasteiger partial charge in [0.15, 0.2) is 6.61 Å². The summed E-state index contributed by atoms with van der Waals surface area (Å²) in [5, 5.41) is 3.56. The second-order valence-corrected chi connectivity index (χ2v) is 4.39. The van der Waals surface area contributed by atoms with Gasteiger partial charge in [0.25, 0.3) is 0 Å². The van der Waals surface area contributed by atoms with E-state index in [0.717, 1.165) is 6.07 Å². The molecule has 1 heterocycles. The van der Waals surface area contributed by atoms with Crippen LogP contribution in [0.25, 0.3) is 0 Å². The summed E-state index contributed by atoms with van der Waals surface area (Å²) in [5.74, 6) is 0.236. The lowest BCUT2D eigenvalue weighted by Gasteiger charge is -2.14. The van der Waals surface area contributed by atoms with Crippen LogP contribution in [-0.4, -0.2) is 16.7 Å². The lowest BCUT2D eigenvalue weighted by atomic mass is 10.1. The molecule has 114 valence electrons. The Bertz CT molecular complexity index is 611. The maximum atomic E-state index is 13.0. The third kappa shape index (κ3) is 3.94. The van der Waals surface area contributed by atoms with Gasteiger partial charge in [0.05, 0.1) is 5.56 Å². The van der Waals surface area contributed by atoms with Gasteiger partial charge in [-0.2, -0.15) is 18.2 Å². The van der Waals surface area contributed by atoms with Crippen molar-refractivity contribution in [3.63, 3.8) is 0 Å². The standard InChI is InChI=1S/C13H14F3N3O2/c1-8-18-12(19-21-8)7-20-11-3-2-9(4-5-17)6-10(11)13(14,15)16/h2-3,6H,4-5,7,17H2,1H3. The first-order valence-electron chi connectivity index (χ1n) is 6.22. The normalized spacial score (nSPS) is 11.7. The molecule has 1 aromatic heterocycles. The molecule has 0 saturated carbocycles. The molecule has 0 aliphatic heterocycles. The minimum Gasteiger partial charge on any atom is -0.485 e. The molecule has 0 fully saturated rings. The summed E-state index contributed by atoms with van der Waals surface area (Å²) in [5.41, 5.74) is 5.02. The molecule has 21 heavy (non-hydrogen) atoms. The highest BCUT2D eigenvalue weighted by Crippen LogP contribution is 2.37. The van der Waals surface area contributed by atoms with Gasteiger partial charge in [-0.05, 0) is 30.7 Å². The number of hydrogen-bond donors (Lipinski definition) is 1. The SMILES string of the molecule is Cc1nc(COc2ccc(CCN)cc2C(F)(F)F)no1. The van der Waals surface area contributed by atoms with Crippen LogP contribution in [0.3, 0.4) is 0 Å². The van der Waals surface area contributed by atoms with E-state index < -0.39 is 11.7 Å². The molecular formula is C13H14F3N3O2. The molecule has 8 heteroatoms. The van der Waals surface area contributed by atoms with Gasteiger partial charge in [-0.15, -0.1) is 0 Å². The van der Waals surface area contributed by atoms with E-state index in [0.29, 0.717) is 17.9 Å². The zero-order valence-corrected chi connectivity index (χ0v) is 11.3. The van der Waals surface area contributed by atoms with E-state index >= 15 is 0 Å². The van der Waals surface area contributed by atoms with Crippen molar-refractivity contribution in [2.75, 3.05) is 6.54 Å². The van der Waals surface area contributed by atoms with Crippen LogP contribution < -0.4 is 10.5 Å². The van der Waals surface area contributed by atoms with Gasteiger partial charge in [0.2, 0.25) is 11.7 Å². The number of nitrogens with two attached hydrogens (primary N) is 1. The van der Waals surface area contributed by atoms with Crippen molar-refractivity contribution in [3.8, 4) is 5.75 Å². The minimum atomic E-state index is -4.51. The number of hydrogen-bond acceptors (Lipinski definition) is 5. The second kappa shape index (κ2) is 6.13. The highest BCUT2D eigenvalue weighted by molar-refractivity contribution is 5.39. The number of rotatable bonds is 5. The molecule has 0 atom stereocenters. The van der Waals surface area contributed by atoms with Crippen LogP contribution >= 0.6 is 0 Å². The van der Waals surface area contributed by atoms with Crippen molar-refractivity contribution in [1.29, 1.82) is 0 Å². The van der Waals surface area contributed by atoms with Gasteiger partial charge in [0, 0.05) is 6.92 Å². The Morgan fingerprint density at radius 1 is 1.33 bits per heavy atom. The number of aromatic nitrogens is 2. The zero-order chi connectivity index (χ0) is 15.5. The summed E-state index contributed by atoms with van der Waals surface area (Å²) in [4.78, 5) is 3.86. The number of alkyl halides is 3. The van der Waals surface area contributed by atoms with E-state index in [1.165, 1.54) is 6.07 Å². The topological polar surface area (TPSA) is 74.2 Å². The van der Waals surface area contributed by atoms with Crippen LogP contribution in [0.2, 0.25) is 0 Å².